The molecule has 0 rings (SSSR count). The lowest BCUT2D eigenvalue weighted by molar-refractivity contribution is -0.129. The zero-order chi connectivity index (χ0) is 12.1. The van der Waals surface area contributed by atoms with E-state index in [1.54, 1.807) is 6.92 Å². The Kier molecular flexibility index (Phi) is 5.67. The first kappa shape index (κ1) is 14.8. The quantitative estimate of drug-likeness (QED) is 0.514. The Balaban J connectivity index is 3.94. The van der Waals surface area contributed by atoms with E-state index in [1.807, 2.05) is 6.92 Å². The van der Waals surface area contributed by atoms with Crippen LogP contribution in [0.4, 0.5) is 0 Å². The molecule has 0 fully saturated rings. The van der Waals surface area contributed by atoms with Crippen molar-refractivity contribution in [3.8, 4) is 0 Å². The van der Waals surface area contributed by atoms with Gasteiger partial charge in [0.1, 0.15) is 5.78 Å². The molecule has 0 aliphatic rings. The van der Waals surface area contributed by atoms with Crippen LogP contribution in [-0.4, -0.2) is 34.9 Å². The van der Waals surface area contributed by atoms with E-state index in [4.69, 9.17) is 14.5 Å². The molecular formula is C9H19O5P. The van der Waals surface area contributed by atoms with Crippen molar-refractivity contribution in [2.75, 3.05) is 19.4 Å². The van der Waals surface area contributed by atoms with Gasteiger partial charge in [-0.3, -0.25) is 9.36 Å². The topological polar surface area (TPSA) is 83.8 Å². The number of Topliss-reactive ketones (excluding diaryl/α,β-unsaturated/α-hetero) is 1. The van der Waals surface area contributed by atoms with Gasteiger partial charge < -0.3 is 14.5 Å². The lowest BCUT2D eigenvalue weighted by atomic mass is 9.85. The Morgan fingerprint density at radius 2 is 2.00 bits per heavy atom. The van der Waals surface area contributed by atoms with Crippen molar-refractivity contribution in [3.63, 3.8) is 0 Å². The predicted molar refractivity (Wildman–Crippen MR) is 56.8 cm³/mol. The van der Waals surface area contributed by atoms with Gasteiger partial charge in [0.15, 0.2) is 0 Å². The molecule has 6 heteroatoms. The number of carbonyl (C=O) groups is 1. The van der Waals surface area contributed by atoms with E-state index in [-0.39, 0.29) is 25.2 Å². The molecule has 0 aromatic heterocycles. The molecule has 1 atom stereocenters. The van der Waals surface area contributed by atoms with E-state index in [1.165, 1.54) is 6.92 Å². The summed E-state index contributed by atoms with van der Waals surface area (Å²) >= 11 is 0. The van der Waals surface area contributed by atoms with Crippen LogP contribution in [0.3, 0.4) is 0 Å². The average molecular weight is 238 g/mol. The first-order valence-electron chi connectivity index (χ1n) is 4.84. The van der Waals surface area contributed by atoms with Crippen LogP contribution in [0, 0.1) is 5.41 Å². The highest BCUT2D eigenvalue weighted by Crippen LogP contribution is 2.33. The fraction of sp³-hybridized carbons (Fsp3) is 0.889. The van der Waals surface area contributed by atoms with Crippen molar-refractivity contribution in [2.45, 2.75) is 27.2 Å². The monoisotopic (exact) mass is 238 g/mol. The van der Waals surface area contributed by atoms with Crippen LogP contribution in [0.5, 0.6) is 0 Å². The van der Waals surface area contributed by atoms with Crippen LogP contribution in [0.25, 0.3) is 0 Å². The van der Waals surface area contributed by atoms with E-state index < -0.39 is 13.0 Å². The minimum Gasteiger partial charge on any atom is -0.380 e. The van der Waals surface area contributed by atoms with Gasteiger partial charge in [-0.2, -0.15) is 0 Å². The molecule has 0 aliphatic heterocycles. The molecule has 90 valence electrons. The van der Waals surface area contributed by atoms with Gasteiger partial charge in [-0.25, -0.2) is 0 Å². The third-order valence-electron chi connectivity index (χ3n) is 2.58. The molecule has 2 N–H and O–H groups in total. The smallest absolute Gasteiger partial charge is 0.327 e. The van der Waals surface area contributed by atoms with Crippen LogP contribution in [0.2, 0.25) is 0 Å². The summed E-state index contributed by atoms with van der Waals surface area (Å²) in [5, 5.41) is 0. The van der Waals surface area contributed by atoms with Crippen molar-refractivity contribution in [2.24, 2.45) is 5.41 Å². The van der Waals surface area contributed by atoms with E-state index in [2.05, 4.69) is 0 Å². The first-order chi connectivity index (χ1) is 6.71. The summed E-state index contributed by atoms with van der Waals surface area (Å²) in [6.07, 6.45) is 0.350. The van der Waals surface area contributed by atoms with Crippen molar-refractivity contribution in [1.29, 1.82) is 0 Å². The molecule has 0 saturated carbocycles. The molecule has 1 unspecified atom stereocenters. The van der Waals surface area contributed by atoms with Crippen molar-refractivity contribution < 1.29 is 23.9 Å². The van der Waals surface area contributed by atoms with Crippen LogP contribution >= 0.6 is 7.60 Å². The average Bonchev–Trinajstić information content (AvgIpc) is 2.10. The molecule has 0 bridgehead atoms. The van der Waals surface area contributed by atoms with Gasteiger partial charge in [-0.1, -0.05) is 13.8 Å². The SMILES string of the molecule is CCC(C)(COCCP(=O)(O)O)C(C)=O. The summed E-state index contributed by atoms with van der Waals surface area (Å²) in [6.45, 7) is 5.35. The van der Waals surface area contributed by atoms with Gasteiger partial charge in [0.2, 0.25) is 0 Å². The lowest BCUT2D eigenvalue weighted by Crippen LogP contribution is -2.30. The number of hydrogen-bond acceptors (Lipinski definition) is 3. The molecule has 15 heavy (non-hydrogen) atoms. The second-order valence-electron chi connectivity index (χ2n) is 3.91. The Hall–Kier alpha value is -0.220. The fourth-order valence-corrected chi connectivity index (χ4v) is 1.30. The number of hydrogen-bond donors (Lipinski definition) is 2. The first-order valence-corrected chi connectivity index (χ1v) is 6.64. The fourth-order valence-electron chi connectivity index (χ4n) is 0.934. The largest absolute Gasteiger partial charge is 0.380 e. The van der Waals surface area contributed by atoms with Crippen molar-refractivity contribution >= 4 is 13.4 Å². The van der Waals surface area contributed by atoms with Gasteiger partial charge >= 0.3 is 7.60 Å². The number of carbonyl (C=O) groups excluding carboxylic acids is 1. The number of rotatable bonds is 7. The van der Waals surface area contributed by atoms with Crippen LogP contribution in [-0.2, 0) is 14.1 Å². The normalized spacial score (nSPS) is 16.1. The third-order valence-corrected chi connectivity index (χ3v) is 3.34. The number of ether oxygens (including phenoxy) is 1. The predicted octanol–water partition coefficient (Wildman–Crippen LogP) is 1.19. The summed E-state index contributed by atoms with van der Waals surface area (Å²) in [4.78, 5) is 28.4. The summed E-state index contributed by atoms with van der Waals surface area (Å²) in [7, 11) is -3.99. The van der Waals surface area contributed by atoms with Gasteiger partial charge in [-0.15, -0.1) is 0 Å². The van der Waals surface area contributed by atoms with Gasteiger partial charge in [0.25, 0.3) is 0 Å². The summed E-state index contributed by atoms with van der Waals surface area (Å²) < 4.78 is 15.6. The molecule has 0 aromatic rings. The Morgan fingerprint density at radius 3 is 2.33 bits per heavy atom. The molecule has 0 amide bonds. The van der Waals surface area contributed by atoms with Gasteiger partial charge in [-0.05, 0) is 13.3 Å². The van der Waals surface area contributed by atoms with Crippen molar-refractivity contribution in [1.82, 2.24) is 0 Å². The van der Waals surface area contributed by atoms with Crippen molar-refractivity contribution in [3.05, 3.63) is 0 Å². The van der Waals surface area contributed by atoms with Gasteiger partial charge in [0, 0.05) is 5.41 Å². The highest BCUT2D eigenvalue weighted by atomic mass is 31.2. The van der Waals surface area contributed by atoms with E-state index >= 15 is 0 Å². The van der Waals surface area contributed by atoms with Crippen LogP contribution < -0.4 is 0 Å². The molecular weight excluding hydrogens is 219 g/mol. The van der Waals surface area contributed by atoms with Crippen LogP contribution in [0.15, 0.2) is 0 Å². The Labute approximate surface area is 90.0 Å². The summed E-state index contributed by atoms with van der Waals surface area (Å²) in [5.41, 5.74) is -0.547. The molecule has 5 nitrogen and oxygen atoms in total. The van der Waals surface area contributed by atoms with Gasteiger partial charge in [0.05, 0.1) is 19.4 Å². The summed E-state index contributed by atoms with van der Waals surface area (Å²) in [6, 6.07) is 0. The molecule has 0 saturated heterocycles. The Morgan fingerprint density at radius 1 is 1.47 bits per heavy atom. The second-order valence-corrected chi connectivity index (χ2v) is 5.69. The second kappa shape index (κ2) is 5.75. The Bertz CT molecular complexity index is 259. The molecule has 0 radical (unpaired) electrons. The molecule has 0 spiro atoms. The third kappa shape index (κ3) is 6.05. The van der Waals surface area contributed by atoms with Crippen LogP contribution in [0.1, 0.15) is 27.2 Å². The maximum absolute atomic E-state index is 11.3. The lowest BCUT2D eigenvalue weighted by Gasteiger charge is -2.24. The maximum Gasteiger partial charge on any atom is 0.327 e. The number of ketones is 1. The van der Waals surface area contributed by atoms with E-state index in [9.17, 15) is 9.36 Å². The van der Waals surface area contributed by atoms with E-state index in [0.717, 1.165) is 0 Å². The zero-order valence-electron chi connectivity index (χ0n) is 9.39. The van der Waals surface area contributed by atoms with E-state index in [0.29, 0.717) is 6.42 Å². The highest BCUT2D eigenvalue weighted by molar-refractivity contribution is 7.51. The highest BCUT2D eigenvalue weighted by Gasteiger charge is 2.28. The summed E-state index contributed by atoms with van der Waals surface area (Å²) in [5.74, 6) is 0.0289. The minimum atomic E-state index is -3.99. The molecule has 0 heterocycles. The molecule has 0 aliphatic carbocycles. The zero-order valence-corrected chi connectivity index (χ0v) is 10.3. The minimum absolute atomic E-state index is 0.0207. The maximum atomic E-state index is 11.3. The molecule has 0 aromatic carbocycles. The standard InChI is InChI=1S/C9H19O5P/c1-4-9(3,8(2)10)7-14-5-6-15(11,12)13/h4-7H2,1-3H3,(H2,11,12,13).